The van der Waals surface area contributed by atoms with Gasteiger partial charge >= 0.3 is 5.97 Å². The minimum absolute atomic E-state index is 0.00549. The number of rotatable bonds is 3. The first-order chi connectivity index (χ1) is 10.1. The predicted molar refractivity (Wildman–Crippen MR) is 84.7 cm³/mol. The fourth-order valence-electron chi connectivity index (χ4n) is 2.99. The maximum atomic E-state index is 11.2. The lowest BCUT2D eigenvalue weighted by Gasteiger charge is -2.18. The van der Waals surface area contributed by atoms with Gasteiger partial charge < -0.3 is 15.2 Å². The molecule has 3 rings (SSSR count). The van der Waals surface area contributed by atoms with Crippen LogP contribution in [0.25, 0.3) is 10.8 Å². The molecule has 2 N–H and O–H groups in total. The van der Waals surface area contributed by atoms with Crippen LogP contribution >= 0.6 is 15.9 Å². The first kappa shape index (κ1) is 14.4. The molecule has 1 heterocycles. The minimum atomic E-state index is -0.744. The van der Waals surface area contributed by atoms with Gasteiger partial charge in [0.15, 0.2) is 0 Å². The molecule has 1 saturated heterocycles. The van der Waals surface area contributed by atoms with Gasteiger partial charge in [0, 0.05) is 22.6 Å². The maximum absolute atomic E-state index is 11.2. The predicted octanol–water partition coefficient (Wildman–Crippen LogP) is 3.35. The Balaban J connectivity index is 2.09. The van der Waals surface area contributed by atoms with Crippen LogP contribution in [0.3, 0.4) is 0 Å². The normalized spacial score (nSPS) is 21.6. The van der Waals surface area contributed by atoms with Gasteiger partial charge in [-0.1, -0.05) is 28.1 Å². The Kier molecular flexibility index (Phi) is 3.87. The van der Waals surface area contributed by atoms with E-state index in [1.54, 1.807) is 7.11 Å². The second kappa shape index (κ2) is 5.66. The zero-order valence-corrected chi connectivity index (χ0v) is 13.2. The number of halogens is 1. The summed E-state index contributed by atoms with van der Waals surface area (Å²) in [5, 5.41) is 14.7. The Hall–Kier alpha value is -1.59. The fraction of sp³-hybridized carbons (Fsp3) is 0.312. The van der Waals surface area contributed by atoms with Crippen LogP contribution in [-0.4, -0.2) is 24.7 Å². The molecule has 0 aliphatic carbocycles. The summed E-state index contributed by atoms with van der Waals surface area (Å²) in [5.41, 5.74) is 1.05. The van der Waals surface area contributed by atoms with E-state index >= 15 is 0 Å². The van der Waals surface area contributed by atoms with Crippen molar-refractivity contribution in [3.8, 4) is 5.75 Å². The topological polar surface area (TPSA) is 58.6 Å². The van der Waals surface area contributed by atoms with E-state index < -0.39 is 5.97 Å². The molecule has 110 valence electrons. The number of aliphatic carboxylic acids is 1. The Labute approximate surface area is 131 Å². The van der Waals surface area contributed by atoms with E-state index in [-0.39, 0.29) is 12.0 Å². The molecule has 0 aromatic heterocycles. The third-order valence-corrected chi connectivity index (χ3v) is 4.53. The Bertz CT molecular complexity index is 701. The lowest BCUT2D eigenvalue weighted by Crippen LogP contribution is -2.17. The SMILES string of the molecule is COc1ccc2cc(Br)ccc2c1C1CC(C(=O)O)CN1. The summed E-state index contributed by atoms with van der Waals surface area (Å²) in [4.78, 5) is 11.2. The van der Waals surface area contributed by atoms with Gasteiger partial charge in [-0.05, 0) is 35.4 Å². The molecule has 2 aromatic rings. The summed E-state index contributed by atoms with van der Waals surface area (Å²) in [6, 6.07) is 10.1. The molecule has 0 bridgehead atoms. The van der Waals surface area contributed by atoms with Crippen LogP contribution in [0.4, 0.5) is 0 Å². The van der Waals surface area contributed by atoms with Crippen LogP contribution in [-0.2, 0) is 4.79 Å². The van der Waals surface area contributed by atoms with E-state index in [1.165, 1.54) is 0 Å². The number of carboxylic acid groups (broad SMARTS) is 1. The summed E-state index contributed by atoms with van der Waals surface area (Å²) < 4.78 is 6.51. The zero-order chi connectivity index (χ0) is 15.0. The molecular formula is C16H16BrNO3. The number of nitrogens with one attached hydrogen (secondary N) is 1. The molecule has 2 atom stereocenters. The molecule has 5 heteroatoms. The first-order valence-corrected chi connectivity index (χ1v) is 7.62. The van der Waals surface area contributed by atoms with Crippen LogP contribution in [0.2, 0.25) is 0 Å². The standard InChI is InChI=1S/C16H16BrNO3/c1-21-14-5-2-9-6-11(17)3-4-12(9)15(14)13-7-10(8-18-13)16(19)20/h2-6,10,13,18H,7-8H2,1H3,(H,19,20). The number of carbonyl (C=O) groups is 1. The third kappa shape index (κ3) is 2.63. The van der Waals surface area contributed by atoms with Crippen molar-refractivity contribution in [1.29, 1.82) is 0 Å². The Morgan fingerprint density at radius 1 is 1.38 bits per heavy atom. The molecule has 1 aliphatic rings. The molecule has 1 fully saturated rings. The van der Waals surface area contributed by atoms with Crippen LogP contribution < -0.4 is 10.1 Å². The van der Waals surface area contributed by atoms with Gasteiger partial charge in [-0.3, -0.25) is 4.79 Å². The average Bonchev–Trinajstić information content (AvgIpc) is 2.95. The van der Waals surface area contributed by atoms with Crippen molar-refractivity contribution in [2.24, 2.45) is 5.92 Å². The highest BCUT2D eigenvalue weighted by molar-refractivity contribution is 9.10. The van der Waals surface area contributed by atoms with Gasteiger partial charge in [-0.25, -0.2) is 0 Å². The number of hydrogen-bond donors (Lipinski definition) is 2. The monoisotopic (exact) mass is 349 g/mol. The van der Waals surface area contributed by atoms with Gasteiger partial charge in [0.2, 0.25) is 0 Å². The summed E-state index contributed by atoms with van der Waals surface area (Å²) >= 11 is 3.48. The van der Waals surface area contributed by atoms with Crippen LogP contribution in [0.1, 0.15) is 18.0 Å². The van der Waals surface area contributed by atoms with Crippen LogP contribution in [0, 0.1) is 5.92 Å². The zero-order valence-electron chi connectivity index (χ0n) is 11.6. The van der Waals surface area contributed by atoms with E-state index in [1.807, 2.05) is 24.3 Å². The molecule has 2 aromatic carbocycles. The largest absolute Gasteiger partial charge is 0.496 e. The second-order valence-corrected chi connectivity index (χ2v) is 6.19. The van der Waals surface area contributed by atoms with Crippen LogP contribution in [0.15, 0.2) is 34.8 Å². The number of hydrogen-bond acceptors (Lipinski definition) is 3. The van der Waals surface area contributed by atoms with Crippen molar-refractivity contribution in [2.75, 3.05) is 13.7 Å². The molecule has 0 radical (unpaired) electrons. The van der Waals surface area contributed by atoms with Gasteiger partial charge in [0.05, 0.1) is 13.0 Å². The summed E-state index contributed by atoms with van der Waals surface area (Å²) in [7, 11) is 1.65. The van der Waals surface area contributed by atoms with Crippen molar-refractivity contribution in [3.63, 3.8) is 0 Å². The van der Waals surface area contributed by atoms with Crippen molar-refractivity contribution >= 4 is 32.7 Å². The molecule has 0 spiro atoms. The number of benzene rings is 2. The van der Waals surface area contributed by atoms with Gasteiger partial charge in [0.1, 0.15) is 5.75 Å². The van der Waals surface area contributed by atoms with Gasteiger partial charge in [-0.2, -0.15) is 0 Å². The van der Waals surface area contributed by atoms with E-state index in [9.17, 15) is 9.90 Å². The molecule has 0 amide bonds. The average molecular weight is 350 g/mol. The Morgan fingerprint density at radius 2 is 2.19 bits per heavy atom. The molecule has 0 saturated carbocycles. The Morgan fingerprint density at radius 3 is 2.86 bits per heavy atom. The first-order valence-electron chi connectivity index (χ1n) is 6.82. The van der Waals surface area contributed by atoms with Gasteiger partial charge in [-0.15, -0.1) is 0 Å². The maximum Gasteiger partial charge on any atom is 0.307 e. The van der Waals surface area contributed by atoms with Gasteiger partial charge in [0.25, 0.3) is 0 Å². The molecule has 2 unspecified atom stereocenters. The lowest BCUT2D eigenvalue weighted by atomic mass is 9.94. The number of fused-ring (bicyclic) bond motifs is 1. The summed E-state index contributed by atoms with van der Waals surface area (Å²) in [6.07, 6.45) is 0.584. The second-order valence-electron chi connectivity index (χ2n) is 5.28. The van der Waals surface area contributed by atoms with E-state index in [2.05, 4.69) is 27.3 Å². The highest BCUT2D eigenvalue weighted by atomic mass is 79.9. The van der Waals surface area contributed by atoms with Crippen molar-refractivity contribution in [2.45, 2.75) is 12.5 Å². The fourth-order valence-corrected chi connectivity index (χ4v) is 3.36. The summed E-state index contributed by atoms with van der Waals surface area (Å²) in [5.74, 6) is -0.286. The van der Waals surface area contributed by atoms with Crippen LogP contribution in [0.5, 0.6) is 5.75 Å². The molecule has 4 nitrogen and oxygen atoms in total. The molecule has 1 aliphatic heterocycles. The highest BCUT2D eigenvalue weighted by Gasteiger charge is 2.32. The quantitative estimate of drug-likeness (QED) is 0.891. The number of carboxylic acids is 1. The van der Waals surface area contributed by atoms with Crippen molar-refractivity contribution in [1.82, 2.24) is 5.32 Å². The third-order valence-electron chi connectivity index (χ3n) is 4.03. The molecule has 21 heavy (non-hydrogen) atoms. The lowest BCUT2D eigenvalue weighted by molar-refractivity contribution is -0.141. The van der Waals surface area contributed by atoms with Crippen molar-refractivity contribution < 1.29 is 14.6 Å². The number of methoxy groups -OCH3 is 1. The number of ether oxygens (including phenoxy) is 1. The van der Waals surface area contributed by atoms with E-state index in [4.69, 9.17) is 4.74 Å². The molecular weight excluding hydrogens is 334 g/mol. The van der Waals surface area contributed by atoms with E-state index in [0.29, 0.717) is 13.0 Å². The minimum Gasteiger partial charge on any atom is -0.496 e. The van der Waals surface area contributed by atoms with Crippen molar-refractivity contribution in [3.05, 3.63) is 40.4 Å². The highest BCUT2D eigenvalue weighted by Crippen LogP contribution is 2.39. The summed E-state index contributed by atoms with van der Waals surface area (Å²) in [6.45, 7) is 0.496. The van der Waals surface area contributed by atoms with E-state index in [0.717, 1.165) is 26.6 Å². The smallest absolute Gasteiger partial charge is 0.307 e.